The van der Waals surface area contributed by atoms with Gasteiger partial charge in [-0.3, -0.25) is 5.10 Å². The molecule has 0 amide bonds. The van der Waals surface area contributed by atoms with Crippen molar-refractivity contribution in [3.63, 3.8) is 0 Å². The zero-order valence-electron chi connectivity index (χ0n) is 22.2. The quantitative estimate of drug-likeness (QED) is 0.324. The minimum absolute atomic E-state index is 0.277. The minimum Gasteiger partial charge on any atom is -0.368 e. The van der Waals surface area contributed by atoms with Crippen LogP contribution in [0.25, 0.3) is 22.6 Å². The molecular weight excluding hydrogens is 513 g/mol. The Bertz CT molecular complexity index is 1470. The number of piperazine rings is 1. The Morgan fingerprint density at radius 3 is 2.44 bits per heavy atom. The lowest BCUT2D eigenvalue weighted by Gasteiger charge is -2.47. The molecule has 0 unspecified atom stereocenters. The van der Waals surface area contributed by atoms with Crippen molar-refractivity contribution in [2.75, 3.05) is 36.0 Å². The first-order valence-corrected chi connectivity index (χ1v) is 14.5. The summed E-state index contributed by atoms with van der Waals surface area (Å²) in [6.45, 7) is 5.33. The first-order valence-electron chi connectivity index (χ1n) is 14.2. The Kier molecular flexibility index (Phi) is 6.38. The Labute approximate surface area is 232 Å². The van der Waals surface area contributed by atoms with E-state index in [0.29, 0.717) is 71.0 Å². The van der Waals surface area contributed by atoms with E-state index in [0.717, 1.165) is 24.4 Å². The average Bonchev–Trinajstić information content (AvgIpc) is 3.40. The van der Waals surface area contributed by atoms with Crippen LogP contribution in [0.3, 0.4) is 0 Å². The summed E-state index contributed by atoms with van der Waals surface area (Å²) >= 11 is 6.27. The fraction of sp³-hybridized carbons (Fsp3) is 0.467. The standard InChI is InChI=1S/C30H33ClFN7/c1-18-19-7-9-20(10-8-19)23(18)16-25-26(32)30(39-13-11-38(12-14-39)22-5-3-2-4-6-22)35-29(34-25)27-24-15-21(31)17-33-28(24)37-36-27/h2-6,15,17-20,23H,7-14,16H2,1H3,(H,33,36,37)/t18-,19?,20?,23+/m0/s1. The molecule has 9 heteroatoms. The van der Waals surface area contributed by atoms with E-state index in [1.807, 2.05) is 12.1 Å². The molecule has 1 aromatic carbocycles. The molecular formula is C30H33ClFN7. The maximum Gasteiger partial charge on any atom is 0.187 e. The lowest BCUT2D eigenvalue weighted by atomic mass is 9.58. The van der Waals surface area contributed by atoms with E-state index in [4.69, 9.17) is 21.6 Å². The van der Waals surface area contributed by atoms with Crippen LogP contribution >= 0.6 is 11.6 Å². The van der Waals surface area contributed by atoms with Crippen molar-refractivity contribution in [3.8, 4) is 11.5 Å². The van der Waals surface area contributed by atoms with E-state index in [9.17, 15) is 0 Å². The number of halogens is 2. The molecule has 4 aliphatic rings. The second-order valence-electron chi connectivity index (χ2n) is 11.5. The first kappa shape index (κ1) is 24.8. The van der Waals surface area contributed by atoms with Crippen LogP contribution in [-0.2, 0) is 6.42 Å². The molecule has 3 aromatic heterocycles. The molecule has 3 aliphatic carbocycles. The smallest absolute Gasteiger partial charge is 0.187 e. The van der Waals surface area contributed by atoms with Crippen LogP contribution < -0.4 is 9.80 Å². The molecule has 2 atom stereocenters. The van der Waals surface area contributed by atoms with Crippen LogP contribution in [0.1, 0.15) is 38.3 Å². The van der Waals surface area contributed by atoms with Gasteiger partial charge in [0.05, 0.1) is 16.1 Å². The van der Waals surface area contributed by atoms with Gasteiger partial charge in [-0.05, 0) is 74.0 Å². The molecule has 0 spiro atoms. The molecule has 4 fully saturated rings. The van der Waals surface area contributed by atoms with Gasteiger partial charge in [-0.1, -0.05) is 36.7 Å². The highest BCUT2D eigenvalue weighted by Gasteiger charge is 2.42. The molecule has 202 valence electrons. The van der Waals surface area contributed by atoms with Crippen LogP contribution in [-0.4, -0.2) is 51.3 Å². The second kappa shape index (κ2) is 10.0. The molecule has 1 saturated heterocycles. The van der Waals surface area contributed by atoms with Crippen molar-refractivity contribution in [1.82, 2.24) is 25.1 Å². The van der Waals surface area contributed by atoms with Gasteiger partial charge in [0.15, 0.2) is 23.1 Å². The van der Waals surface area contributed by atoms with E-state index in [2.05, 4.69) is 56.2 Å². The van der Waals surface area contributed by atoms with E-state index in [-0.39, 0.29) is 5.82 Å². The van der Waals surface area contributed by atoms with Crippen LogP contribution in [0.4, 0.5) is 15.9 Å². The molecule has 39 heavy (non-hydrogen) atoms. The summed E-state index contributed by atoms with van der Waals surface area (Å²) in [5.74, 6) is 2.99. The number of rotatable bonds is 5. The van der Waals surface area contributed by atoms with Gasteiger partial charge in [-0.2, -0.15) is 5.10 Å². The zero-order valence-corrected chi connectivity index (χ0v) is 22.9. The molecule has 1 aliphatic heterocycles. The van der Waals surface area contributed by atoms with Gasteiger partial charge in [0.1, 0.15) is 5.69 Å². The van der Waals surface area contributed by atoms with Crippen LogP contribution in [0.15, 0.2) is 42.6 Å². The van der Waals surface area contributed by atoms with Crippen molar-refractivity contribution in [1.29, 1.82) is 0 Å². The second-order valence-corrected chi connectivity index (χ2v) is 11.9. The molecule has 3 saturated carbocycles. The maximum atomic E-state index is 16.4. The van der Waals surface area contributed by atoms with E-state index >= 15 is 4.39 Å². The van der Waals surface area contributed by atoms with Crippen molar-refractivity contribution >= 4 is 34.1 Å². The highest BCUT2D eigenvalue weighted by atomic mass is 35.5. The minimum atomic E-state index is -0.277. The first-order chi connectivity index (χ1) is 19.0. The number of benzene rings is 1. The third-order valence-corrected chi connectivity index (χ3v) is 9.68. The summed E-state index contributed by atoms with van der Waals surface area (Å²) in [6.07, 6.45) is 7.34. The maximum absolute atomic E-state index is 16.4. The summed E-state index contributed by atoms with van der Waals surface area (Å²) in [5.41, 5.74) is 2.88. The number of aromatic nitrogens is 5. The number of H-pyrrole nitrogens is 1. The van der Waals surface area contributed by atoms with Gasteiger partial charge in [0, 0.05) is 38.1 Å². The van der Waals surface area contributed by atoms with Gasteiger partial charge in [0.2, 0.25) is 0 Å². The number of aromatic amines is 1. The average molecular weight is 546 g/mol. The third-order valence-electron chi connectivity index (χ3n) is 9.47. The number of nitrogens with zero attached hydrogens (tertiary/aromatic N) is 6. The number of hydrogen-bond acceptors (Lipinski definition) is 6. The number of anilines is 2. The lowest BCUT2D eigenvalue weighted by molar-refractivity contribution is 0.0334. The highest BCUT2D eigenvalue weighted by Crippen LogP contribution is 2.50. The summed E-state index contributed by atoms with van der Waals surface area (Å²) in [6, 6.07) is 12.2. The molecule has 4 heterocycles. The normalized spacial score (nSPS) is 25.0. The fourth-order valence-electron chi connectivity index (χ4n) is 7.25. The van der Waals surface area contributed by atoms with E-state index < -0.39 is 0 Å². The molecule has 4 aromatic rings. The number of hydrogen-bond donors (Lipinski definition) is 1. The molecule has 0 radical (unpaired) electrons. The number of nitrogens with one attached hydrogen (secondary N) is 1. The van der Waals surface area contributed by atoms with Gasteiger partial charge in [0.25, 0.3) is 0 Å². The van der Waals surface area contributed by atoms with Crippen molar-refractivity contribution < 1.29 is 4.39 Å². The van der Waals surface area contributed by atoms with E-state index in [1.54, 1.807) is 6.20 Å². The number of para-hydroxylation sites is 1. The Hall–Kier alpha value is -3.26. The van der Waals surface area contributed by atoms with E-state index in [1.165, 1.54) is 31.4 Å². The van der Waals surface area contributed by atoms with Crippen molar-refractivity contribution in [2.24, 2.45) is 23.7 Å². The Morgan fingerprint density at radius 1 is 0.974 bits per heavy atom. The van der Waals surface area contributed by atoms with Gasteiger partial charge < -0.3 is 9.80 Å². The number of fused-ring (bicyclic) bond motifs is 4. The molecule has 1 N–H and O–H groups in total. The topological polar surface area (TPSA) is 73.8 Å². The van der Waals surface area contributed by atoms with Crippen molar-refractivity contribution in [3.05, 3.63) is 59.1 Å². The third kappa shape index (κ3) is 4.52. The van der Waals surface area contributed by atoms with Crippen LogP contribution in [0.2, 0.25) is 5.02 Å². The SMILES string of the molecule is C[C@H]1C2CCC(CC2)[C@@H]1Cc1nc(-c2[nH]nc3ncc(Cl)cc23)nc(N2CCN(c3ccccc3)CC2)c1F. The molecule has 8 rings (SSSR count). The van der Waals surface area contributed by atoms with Crippen molar-refractivity contribution in [2.45, 2.75) is 39.0 Å². The molecule has 7 nitrogen and oxygen atoms in total. The van der Waals surface area contributed by atoms with Gasteiger partial charge >= 0.3 is 0 Å². The van der Waals surface area contributed by atoms with Gasteiger partial charge in [-0.15, -0.1) is 0 Å². The highest BCUT2D eigenvalue weighted by molar-refractivity contribution is 6.31. The zero-order chi connectivity index (χ0) is 26.5. The fourth-order valence-corrected chi connectivity index (χ4v) is 7.41. The summed E-state index contributed by atoms with van der Waals surface area (Å²) in [7, 11) is 0. The largest absolute Gasteiger partial charge is 0.368 e. The van der Waals surface area contributed by atoms with Gasteiger partial charge in [-0.25, -0.2) is 19.3 Å². The van der Waals surface area contributed by atoms with Crippen LogP contribution in [0, 0.1) is 29.5 Å². The monoisotopic (exact) mass is 545 g/mol. The Morgan fingerprint density at radius 2 is 1.69 bits per heavy atom. The molecule has 2 bridgehead atoms. The predicted molar refractivity (Wildman–Crippen MR) is 153 cm³/mol. The summed E-state index contributed by atoms with van der Waals surface area (Å²) < 4.78 is 16.4. The van der Waals surface area contributed by atoms with Crippen LogP contribution in [0.5, 0.6) is 0 Å². The Balaban J connectivity index is 1.26. The summed E-state index contributed by atoms with van der Waals surface area (Å²) in [5, 5.41) is 8.65. The number of pyridine rings is 1. The summed E-state index contributed by atoms with van der Waals surface area (Å²) in [4.78, 5) is 18.4. The predicted octanol–water partition coefficient (Wildman–Crippen LogP) is 6.15. The lowest BCUT2D eigenvalue weighted by Crippen LogP contribution is -2.47.